The second-order valence-electron chi connectivity index (χ2n) is 12.7. The molecular weight excluding hydrogens is 478 g/mol. The predicted molar refractivity (Wildman–Crippen MR) is 167 cm³/mol. The van der Waals surface area contributed by atoms with Crippen LogP contribution in [0.3, 0.4) is 0 Å². The van der Waals surface area contributed by atoms with Gasteiger partial charge >= 0.3 is 0 Å². The van der Waals surface area contributed by atoms with Crippen LogP contribution in [-0.2, 0) is 10.8 Å². The Bertz CT molecular complexity index is 1940. The van der Waals surface area contributed by atoms with E-state index < -0.39 is 0 Å². The van der Waals surface area contributed by atoms with Crippen LogP contribution in [0.2, 0.25) is 0 Å². The van der Waals surface area contributed by atoms with Crippen molar-refractivity contribution in [2.45, 2.75) is 52.4 Å². The Labute approximate surface area is 228 Å². The minimum Gasteiger partial charge on any atom is -0.308 e. The zero-order valence-electron chi connectivity index (χ0n) is 23.5. The van der Waals surface area contributed by atoms with Gasteiger partial charge < -0.3 is 4.40 Å². The van der Waals surface area contributed by atoms with Crippen molar-refractivity contribution in [3.63, 3.8) is 0 Å². The maximum Gasteiger partial charge on any atom is 0.197 e. The van der Waals surface area contributed by atoms with Crippen molar-refractivity contribution in [3.8, 4) is 11.1 Å². The van der Waals surface area contributed by atoms with Crippen LogP contribution in [0, 0.1) is 0 Å². The maximum absolute atomic E-state index is 14.2. The molecule has 6 rings (SSSR count). The molecule has 0 bridgehead atoms. The summed E-state index contributed by atoms with van der Waals surface area (Å²) >= 11 is 0. The molecule has 4 aromatic carbocycles. The molecule has 2 aromatic heterocycles. The second-order valence-corrected chi connectivity index (χ2v) is 12.7. The van der Waals surface area contributed by atoms with Gasteiger partial charge in [0.2, 0.25) is 0 Å². The summed E-state index contributed by atoms with van der Waals surface area (Å²) < 4.78 is 2.13. The van der Waals surface area contributed by atoms with Crippen LogP contribution in [0.5, 0.6) is 0 Å². The zero-order chi connectivity index (χ0) is 27.9. The van der Waals surface area contributed by atoms with E-state index in [2.05, 4.69) is 64.7 Å². The molecule has 0 fully saturated rings. The van der Waals surface area contributed by atoms with E-state index in [9.17, 15) is 9.59 Å². The summed E-state index contributed by atoms with van der Waals surface area (Å²) in [5.41, 5.74) is 7.06. The first-order valence-corrected chi connectivity index (χ1v) is 13.5. The summed E-state index contributed by atoms with van der Waals surface area (Å²) in [5, 5.41) is 2.46. The monoisotopic (exact) mass is 511 g/mol. The summed E-state index contributed by atoms with van der Waals surface area (Å²) in [7, 11) is 0. The van der Waals surface area contributed by atoms with Gasteiger partial charge in [-0.2, -0.15) is 0 Å². The lowest BCUT2D eigenvalue weighted by Gasteiger charge is -2.22. The highest BCUT2D eigenvalue weighted by atomic mass is 16.1. The van der Waals surface area contributed by atoms with E-state index in [4.69, 9.17) is 0 Å². The molecular formula is C36H33NO2. The van der Waals surface area contributed by atoms with Crippen molar-refractivity contribution in [2.24, 2.45) is 0 Å². The van der Waals surface area contributed by atoms with Crippen LogP contribution in [-0.4, -0.2) is 4.40 Å². The molecule has 0 aliphatic carbocycles. The van der Waals surface area contributed by atoms with Crippen molar-refractivity contribution in [1.29, 1.82) is 0 Å². The lowest BCUT2D eigenvalue weighted by molar-refractivity contribution is 0.591. The molecule has 39 heavy (non-hydrogen) atoms. The highest BCUT2D eigenvalue weighted by molar-refractivity contribution is 6.09. The van der Waals surface area contributed by atoms with E-state index in [0.717, 1.165) is 38.9 Å². The number of fused-ring (bicyclic) bond motifs is 4. The van der Waals surface area contributed by atoms with E-state index in [1.54, 1.807) is 6.08 Å². The molecule has 0 saturated carbocycles. The first kappa shape index (κ1) is 25.1. The summed E-state index contributed by atoms with van der Waals surface area (Å²) in [4.78, 5) is 28.3. The van der Waals surface area contributed by atoms with Crippen LogP contribution < -0.4 is 10.9 Å². The first-order chi connectivity index (χ1) is 18.4. The lowest BCUT2D eigenvalue weighted by Crippen LogP contribution is -2.17. The van der Waals surface area contributed by atoms with Gasteiger partial charge in [0.15, 0.2) is 10.9 Å². The molecule has 0 amide bonds. The van der Waals surface area contributed by atoms with E-state index >= 15 is 0 Å². The minimum absolute atomic E-state index is 0.0456. The van der Waals surface area contributed by atoms with Crippen molar-refractivity contribution in [1.82, 2.24) is 4.40 Å². The van der Waals surface area contributed by atoms with Crippen LogP contribution in [0.25, 0.3) is 55.3 Å². The Morgan fingerprint density at radius 3 is 1.46 bits per heavy atom. The number of hydrogen-bond acceptors (Lipinski definition) is 2. The highest BCUT2D eigenvalue weighted by Crippen LogP contribution is 2.34. The van der Waals surface area contributed by atoms with Gasteiger partial charge in [0, 0.05) is 21.5 Å². The molecule has 0 aliphatic rings. The lowest BCUT2D eigenvalue weighted by atomic mass is 9.85. The molecule has 0 aliphatic heterocycles. The van der Waals surface area contributed by atoms with Gasteiger partial charge in [-0.25, -0.2) is 0 Å². The normalized spacial score (nSPS) is 12.7. The summed E-state index contributed by atoms with van der Waals surface area (Å²) in [5.74, 6) is 0. The number of rotatable bonds is 2. The fourth-order valence-electron chi connectivity index (χ4n) is 5.62. The number of nitrogens with zero attached hydrogens (tertiary/aromatic N) is 1. The highest BCUT2D eigenvalue weighted by Gasteiger charge is 2.22. The number of pyridine rings is 2. The third kappa shape index (κ3) is 3.87. The average molecular weight is 512 g/mol. The third-order valence-corrected chi connectivity index (χ3v) is 8.00. The van der Waals surface area contributed by atoms with Crippen LogP contribution in [0.4, 0.5) is 0 Å². The smallest absolute Gasteiger partial charge is 0.197 e. The third-order valence-electron chi connectivity index (χ3n) is 8.00. The van der Waals surface area contributed by atoms with Crippen molar-refractivity contribution in [3.05, 3.63) is 117 Å². The predicted octanol–water partition coefficient (Wildman–Crippen LogP) is 8.46. The zero-order valence-corrected chi connectivity index (χ0v) is 23.5. The number of benzene rings is 4. The van der Waals surface area contributed by atoms with E-state index in [-0.39, 0.29) is 21.7 Å². The SMILES string of the molecule is C=Cc1ccc(-c2cc3c(=O)c4cc(C(C)(C)C)ccc4n4c5ccc(C(C)(C)C)cc5c(=O)c(c2)c34)cc1. The summed E-state index contributed by atoms with van der Waals surface area (Å²) in [6.45, 7) is 16.8. The first-order valence-electron chi connectivity index (χ1n) is 13.5. The van der Waals surface area contributed by atoms with Crippen LogP contribution in [0.1, 0.15) is 58.2 Å². The van der Waals surface area contributed by atoms with Gasteiger partial charge in [-0.15, -0.1) is 0 Å². The second kappa shape index (κ2) is 8.38. The maximum atomic E-state index is 14.2. The van der Waals surface area contributed by atoms with Crippen LogP contribution >= 0.6 is 0 Å². The fourth-order valence-corrected chi connectivity index (χ4v) is 5.62. The van der Waals surface area contributed by atoms with Crippen molar-refractivity contribution in [2.75, 3.05) is 0 Å². The van der Waals surface area contributed by atoms with E-state index in [1.165, 1.54) is 0 Å². The van der Waals surface area contributed by atoms with Gasteiger partial charge in [0.25, 0.3) is 0 Å². The van der Waals surface area contributed by atoms with Gasteiger partial charge in [0.05, 0.1) is 16.6 Å². The topological polar surface area (TPSA) is 38.5 Å². The molecule has 0 unspecified atom stereocenters. The standard InChI is InChI=1S/C36H33NO2/c1-8-21-9-11-22(12-10-21)23-17-28-32-29(18-23)34(39)27-20-25(36(5,6)7)14-16-31(27)37(32)30-15-13-24(35(2,3)4)19-26(30)33(28)38/h8-20H,1H2,2-7H3. The molecule has 0 radical (unpaired) electrons. The molecule has 0 saturated heterocycles. The molecule has 3 nitrogen and oxygen atoms in total. The summed E-state index contributed by atoms with van der Waals surface area (Å²) in [6, 6.07) is 24.3. The number of aromatic nitrogens is 1. The largest absolute Gasteiger partial charge is 0.308 e. The molecule has 0 N–H and O–H groups in total. The Hall–Kier alpha value is -4.24. The van der Waals surface area contributed by atoms with E-state index in [1.807, 2.05) is 60.7 Å². The molecule has 0 spiro atoms. The average Bonchev–Trinajstić information content (AvgIpc) is 2.91. The van der Waals surface area contributed by atoms with Gasteiger partial charge in [-0.05, 0) is 75.0 Å². The Morgan fingerprint density at radius 2 is 1.05 bits per heavy atom. The fraction of sp³-hybridized carbons (Fsp3) is 0.222. The van der Waals surface area contributed by atoms with Crippen LogP contribution in [0.15, 0.2) is 89.0 Å². The van der Waals surface area contributed by atoms with Gasteiger partial charge in [-0.3, -0.25) is 9.59 Å². The molecule has 0 atom stereocenters. The molecule has 2 heterocycles. The van der Waals surface area contributed by atoms with Crippen molar-refractivity contribution < 1.29 is 0 Å². The van der Waals surface area contributed by atoms with Gasteiger partial charge in [-0.1, -0.05) is 90.6 Å². The quantitative estimate of drug-likeness (QED) is 0.173. The molecule has 6 aromatic rings. The number of hydrogen-bond donors (Lipinski definition) is 0. The minimum atomic E-state index is -0.104. The van der Waals surface area contributed by atoms with Crippen molar-refractivity contribution >= 4 is 44.2 Å². The van der Waals surface area contributed by atoms with E-state index in [0.29, 0.717) is 27.1 Å². The molecule has 194 valence electrons. The Morgan fingerprint density at radius 1 is 0.590 bits per heavy atom. The Kier molecular flexibility index (Phi) is 5.38. The summed E-state index contributed by atoms with van der Waals surface area (Å²) in [6.07, 6.45) is 1.80. The Balaban J connectivity index is 1.86. The molecule has 3 heteroatoms. The van der Waals surface area contributed by atoms with Gasteiger partial charge in [0.1, 0.15) is 0 Å².